The summed E-state index contributed by atoms with van der Waals surface area (Å²) in [4.78, 5) is 30.9. The number of rotatable bonds is 2. The molecule has 2 aromatic rings. The van der Waals surface area contributed by atoms with E-state index >= 15 is 0 Å². The zero-order valence-corrected chi connectivity index (χ0v) is 13.6. The van der Waals surface area contributed by atoms with E-state index in [1.165, 1.54) is 4.90 Å². The summed E-state index contributed by atoms with van der Waals surface area (Å²) in [6.07, 6.45) is -0.391. The average molecular weight is 337 g/mol. The molecule has 23 heavy (non-hydrogen) atoms. The topological polar surface area (TPSA) is 78.7 Å². The van der Waals surface area contributed by atoms with Crippen molar-refractivity contribution in [3.8, 4) is 0 Å². The Kier molecular flexibility index (Phi) is 3.89. The van der Waals surface area contributed by atoms with Gasteiger partial charge in [-0.3, -0.25) is 4.57 Å². The molecule has 8 heteroatoms. The zero-order valence-electron chi connectivity index (χ0n) is 12.9. The smallest absolute Gasteiger partial charge is 0.407 e. The monoisotopic (exact) mass is 336 g/mol. The first-order valence-corrected chi connectivity index (χ1v) is 7.63. The minimum Gasteiger partial charge on any atom is -0.465 e. The van der Waals surface area contributed by atoms with E-state index in [2.05, 4.69) is 4.98 Å². The molecule has 1 atom stereocenters. The number of fused-ring (bicyclic) bond motifs is 1. The molecule has 2 heterocycles. The van der Waals surface area contributed by atoms with Gasteiger partial charge in [0, 0.05) is 37.6 Å². The van der Waals surface area contributed by atoms with Crippen LogP contribution in [0.4, 0.5) is 10.6 Å². The van der Waals surface area contributed by atoms with Gasteiger partial charge in [-0.15, -0.1) is 0 Å². The third kappa shape index (κ3) is 2.72. The SMILES string of the molecule is CN(C)c1nc(=O)n(C2CCN(C(=O)O)C2)c2cc(Cl)ccc12. The van der Waals surface area contributed by atoms with Crippen molar-refractivity contribution in [2.75, 3.05) is 32.1 Å². The van der Waals surface area contributed by atoms with Crippen LogP contribution in [0.1, 0.15) is 12.5 Å². The fourth-order valence-electron chi connectivity index (χ4n) is 3.02. The molecule has 1 aromatic carbocycles. The molecule has 0 spiro atoms. The lowest BCUT2D eigenvalue weighted by atomic mass is 10.2. The van der Waals surface area contributed by atoms with Gasteiger partial charge in [0.05, 0.1) is 11.6 Å². The summed E-state index contributed by atoms with van der Waals surface area (Å²) in [5.74, 6) is 0.575. The number of aromatic nitrogens is 2. The molecule has 1 saturated heterocycles. The molecule has 7 nitrogen and oxygen atoms in total. The summed E-state index contributed by atoms with van der Waals surface area (Å²) >= 11 is 6.11. The molecule has 0 radical (unpaired) electrons. The van der Waals surface area contributed by atoms with Crippen molar-refractivity contribution in [3.05, 3.63) is 33.7 Å². The molecule has 3 rings (SSSR count). The second-order valence-corrected chi connectivity index (χ2v) is 6.25. The van der Waals surface area contributed by atoms with E-state index < -0.39 is 6.09 Å². The fourth-order valence-corrected chi connectivity index (χ4v) is 3.19. The first-order chi connectivity index (χ1) is 10.9. The van der Waals surface area contributed by atoms with E-state index in [1.807, 2.05) is 20.2 Å². The van der Waals surface area contributed by atoms with Crippen LogP contribution in [0.15, 0.2) is 23.0 Å². The summed E-state index contributed by atoms with van der Waals surface area (Å²) in [7, 11) is 3.64. The maximum atomic E-state index is 12.5. The summed E-state index contributed by atoms with van der Waals surface area (Å²) in [5, 5.41) is 10.5. The van der Waals surface area contributed by atoms with Crippen LogP contribution in [-0.2, 0) is 0 Å². The molecule has 1 N–H and O–H groups in total. The van der Waals surface area contributed by atoms with Crippen LogP contribution in [0.25, 0.3) is 10.9 Å². The van der Waals surface area contributed by atoms with E-state index in [4.69, 9.17) is 16.7 Å². The molecule has 1 aliphatic heterocycles. The molecule has 1 amide bonds. The second-order valence-electron chi connectivity index (χ2n) is 5.81. The third-order valence-corrected chi connectivity index (χ3v) is 4.33. The zero-order chi connectivity index (χ0) is 16.7. The largest absolute Gasteiger partial charge is 0.465 e. The molecule has 1 aromatic heterocycles. The van der Waals surface area contributed by atoms with Gasteiger partial charge in [-0.2, -0.15) is 4.98 Å². The predicted octanol–water partition coefficient (Wildman–Crippen LogP) is 2.04. The Morgan fingerprint density at radius 3 is 2.78 bits per heavy atom. The van der Waals surface area contributed by atoms with Gasteiger partial charge in [0.1, 0.15) is 5.82 Å². The fraction of sp³-hybridized carbons (Fsp3) is 0.400. The van der Waals surface area contributed by atoms with Crippen molar-refractivity contribution in [3.63, 3.8) is 0 Å². The van der Waals surface area contributed by atoms with Crippen LogP contribution in [0.2, 0.25) is 5.02 Å². The van der Waals surface area contributed by atoms with Gasteiger partial charge in [-0.1, -0.05) is 11.6 Å². The number of anilines is 1. The normalized spacial score (nSPS) is 17.7. The van der Waals surface area contributed by atoms with Crippen LogP contribution < -0.4 is 10.6 Å². The molecular weight excluding hydrogens is 320 g/mol. The van der Waals surface area contributed by atoms with E-state index in [9.17, 15) is 9.59 Å². The number of halogens is 1. The average Bonchev–Trinajstić information content (AvgIpc) is 2.95. The lowest BCUT2D eigenvalue weighted by molar-refractivity contribution is 0.154. The Hall–Kier alpha value is -2.28. The minimum atomic E-state index is -0.972. The Morgan fingerprint density at radius 2 is 2.17 bits per heavy atom. The Bertz CT molecular complexity index is 833. The van der Waals surface area contributed by atoms with E-state index in [0.717, 1.165) is 5.39 Å². The lowest BCUT2D eigenvalue weighted by Crippen LogP contribution is -2.32. The van der Waals surface area contributed by atoms with Crippen LogP contribution >= 0.6 is 11.6 Å². The Morgan fingerprint density at radius 1 is 1.43 bits per heavy atom. The number of nitrogens with zero attached hydrogens (tertiary/aromatic N) is 4. The Balaban J connectivity index is 2.19. The van der Waals surface area contributed by atoms with Crippen LogP contribution in [0.3, 0.4) is 0 Å². The number of hydrogen-bond acceptors (Lipinski definition) is 4. The molecule has 0 aliphatic carbocycles. The standard InChI is InChI=1S/C15H17ClN4O3/c1-18(2)13-11-4-3-9(16)7-12(11)20(14(21)17-13)10-5-6-19(8-10)15(22)23/h3-4,7,10H,5-6,8H2,1-2H3,(H,22,23). The second kappa shape index (κ2) is 5.73. The molecule has 0 saturated carbocycles. The molecule has 122 valence electrons. The van der Waals surface area contributed by atoms with Crippen molar-refractivity contribution >= 4 is 34.4 Å². The van der Waals surface area contributed by atoms with Gasteiger partial charge in [0.15, 0.2) is 0 Å². The number of amides is 1. The van der Waals surface area contributed by atoms with Crippen molar-refractivity contribution in [1.82, 2.24) is 14.5 Å². The molecule has 1 unspecified atom stereocenters. The molecule has 1 fully saturated rings. The van der Waals surface area contributed by atoms with Crippen molar-refractivity contribution in [2.45, 2.75) is 12.5 Å². The van der Waals surface area contributed by atoms with Gasteiger partial charge < -0.3 is 14.9 Å². The van der Waals surface area contributed by atoms with Crippen molar-refractivity contribution < 1.29 is 9.90 Å². The van der Waals surface area contributed by atoms with Crippen LogP contribution in [0.5, 0.6) is 0 Å². The highest BCUT2D eigenvalue weighted by Crippen LogP contribution is 2.29. The highest BCUT2D eigenvalue weighted by molar-refractivity contribution is 6.31. The number of carboxylic acid groups (broad SMARTS) is 1. The minimum absolute atomic E-state index is 0.233. The first-order valence-electron chi connectivity index (χ1n) is 7.25. The number of carbonyl (C=O) groups is 1. The maximum Gasteiger partial charge on any atom is 0.407 e. The van der Waals surface area contributed by atoms with Crippen molar-refractivity contribution in [2.24, 2.45) is 0 Å². The summed E-state index contributed by atoms with van der Waals surface area (Å²) in [5.41, 5.74) is 0.291. The number of hydrogen-bond donors (Lipinski definition) is 1. The highest BCUT2D eigenvalue weighted by Gasteiger charge is 2.29. The first kappa shape index (κ1) is 15.6. The van der Waals surface area contributed by atoms with Crippen molar-refractivity contribution in [1.29, 1.82) is 0 Å². The lowest BCUT2D eigenvalue weighted by Gasteiger charge is -2.20. The van der Waals surface area contributed by atoms with Gasteiger partial charge in [0.2, 0.25) is 0 Å². The van der Waals surface area contributed by atoms with Gasteiger partial charge >= 0.3 is 11.8 Å². The van der Waals surface area contributed by atoms with E-state index in [-0.39, 0.29) is 18.3 Å². The number of likely N-dealkylation sites (tertiary alicyclic amines) is 1. The predicted molar refractivity (Wildman–Crippen MR) is 88.6 cm³/mol. The third-order valence-electron chi connectivity index (χ3n) is 4.09. The molecule has 0 bridgehead atoms. The maximum absolute atomic E-state index is 12.5. The quantitative estimate of drug-likeness (QED) is 0.908. The Labute approximate surface area is 137 Å². The summed E-state index contributed by atoms with van der Waals surface area (Å²) in [6, 6.07) is 5.09. The molecular formula is C15H17ClN4O3. The van der Waals surface area contributed by atoms with E-state index in [1.54, 1.807) is 21.6 Å². The molecule has 1 aliphatic rings. The van der Waals surface area contributed by atoms with Crippen LogP contribution in [0, 0.1) is 0 Å². The highest BCUT2D eigenvalue weighted by atomic mass is 35.5. The van der Waals surface area contributed by atoms with Gasteiger partial charge in [0.25, 0.3) is 0 Å². The van der Waals surface area contributed by atoms with Gasteiger partial charge in [-0.05, 0) is 24.6 Å². The van der Waals surface area contributed by atoms with Crippen LogP contribution in [-0.4, -0.2) is 52.8 Å². The van der Waals surface area contributed by atoms with Gasteiger partial charge in [-0.25, -0.2) is 9.59 Å². The number of benzene rings is 1. The summed E-state index contributed by atoms with van der Waals surface area (Å²) < 4.78 is 1.57. The summed E-state index contributed by atoms with van der Waals surface area (Å²) in [6.45, 7) is 0.684. The van der Waals surface area contributed by atoms with E-state index in [0.29, 0.717) is 29.3 Å².